The zero-order valence-electron chi connectivity index (χ0n) is 16.6. The summed E-state index contributed by atoms with van der Waals surface area (Å²) in [5.41, 5.74) is 1.48. The SMILES string of the molecule is CC.O=C1CCC(N2Cc3cc(OCC4CCCCN4)ccc3C2=O)C(=O)N1. The van der Waals surface area contributed by atoms with Gasteiger partial charge in [-0.05, 0) is 49.6 Å². The normalized spacial score (nSPS) is 24.2. The van der Waals surface area contributed by atoms with E-state index in [0.29, 0.717) is 31.2 Å². The number of amides is 3. The van der Waals surface area contributed by atoms with Gasteiger partial charge in [-0.1, -0.05) is 20.3 Å². The molecule has 152 valence electrons. The third-order valence-electron chi connectivity index (χ3n) is 5.36. The van der Waals surface area contributed by atoms with Crippen molar-refractivity contribution in [2.75, 3.05) is 13.2 Å². The molecular weight excluding hydrogens is 358 g/mol. The maximum atomic E-state index is 12.6. The molecule has 3 aliphatic rings. The third-order valence-corrected chi connectivity index (χ3v) is 5.36. The van der Waals surface area contributed by atoms with Gasteiger partial charge in [-0.25, -0.2) is 0 Å². The van der Waals surface area contributed by atoms with Gasteiger partial charge in [0.1, 0.15) is 18.4 Å². The molecule has 7 nitrogen and oxygen atoms in total. The summed E-state index contributed by atoms with van der Waals surface area (Å²) in [7, 11) is 0. The van der Waals surface area contributed by atoms with E-state index in [9.17, 15) is 14.4 Å². The predicted molar refractivity (Wildman–Crippen MR) is 105 cm³/mol. The molecule has 0 aliphatic carbocycles. The van der Waals surface area contributed by atoms with Gasteiger partial charge in [0, 0.05) is 24.6 Å². The molecule has 0 radical (unpaired) electrons. The van der Waals surface area contributed by atoms with Gasteiger partial charge in [-0.15, -0.1) is 0 Å². The lowest BCUT2D eigenvalue weighted by Gasteiger charge is -2.29. The first-order valence-electron chi connectivity index (χ1n) is 10.3. The monoisotopic (exact) mass is 387 g/mol. The van der Waals surface area contributed by atoms with E-state index < -0.39 is 6.04 Å². The Balaban J connectivity index is 0.00000109. The Morgan fingerprint density at radius 1 is 1.14 bits per heavy atom. The van der Waals surface area contributed by atoms with E-state index in [0.717, 1.165) is 24.3 Å². The van der Waals surface area contributed by atoms with Crippen LogP contribution in [-0.4, -0.2) is 47.9 Å². The summed E-state index contributed by atoms with van der Waals surface area (Å²) in [6, 6.07) is 5.27. The number of carbonyl (C=O) groups is 3. The van der Waals surface area contributed by atoms with Crippen LogP contribution >= 0.6 is 0 Å². The Labute approximate surface area is 165 Å². The highest BCUT2D eigenvalue weighted by atomic mass is 16.5. The quantitative estimate of drug-likeness (QED) is 0.772. The average molecular weight is 387 g/mol. The number of benzene rings is 1. The van der Waals surface area contributed by atoms with Crippen LogP contribution in [0.3, 0.4) is 0 Å². The number of ether oxygens (including phenoxy) is 1. The van der Waals surface area contributed by atoms with E-state index in [1.54, 1.807) is 11.0 Å². The summed E-state index contributed by atoms with van der Waals surface area (Å²) in [5, 5.41) is 5.77. The molecule has 2 atom stereocenters. The summed E-state index contributed by atoms with van der Waals surface area (Å²) in [5.74, 6) is -0.0753. The molecule has 3 amide bonds. The molecule has 1 aromatic carbocycles. The topological polar surface area (TPSA) is 87.7 Å². The molecule has 2 N–H and O–H groups in total. The molecule has 1 aromatic rings. The zero-order chi connectivity index (χ0) is 20.1. The van der Waals surface area contributed by atoms with Crippen molar-refractivity contribution in [3.05, 3.63) is 29.3 Å². The highest BCUT2D eigenvalue weighted by Crippen LogP contribution is 2.30. The summed E-state index contributed by atoms with van der Waals surface area (Å²) in [6.45, 7) is 6.02. The van der Waals surface area contributed by atoms with E-state index in [1.807, 2.05) is 26.0 Å². The van der Waals surface area contributed by atoms with E-state index in [2.05, 4.69) is 10.6 Å². The highest BCUT2D eigenvalue weighted by molar-refractivity contribution is 6.05. The van der Waals surface area contributed by atoms with Gasteiger partial charge in [-0.2, -0.15) is 0 Å². The van der Waals surface area contributed by atoms with Gasteiger partial charge in [0.2, 0.25) is 11.8 Å². The first-order chi connectivity index (χ1) is 13.6. The molecule has 4 rings (SSSR count). The number of hydrogen-bond acceptors (Lipinski definition) is 5. The maximum Gasteiger partial charge on any atom is 0.255 e. The molecule has 3 heterocycles. The maximum absolute atomic E-state index is 12.6. The Hall–Kier alpha value is -2.41. The Morgan fingerprint density at radius 2 is 1.96 bits per heavy atom. The lowest BCUT2D eigenvalue weighted by molar-refractivity contribution is -0.136. The second-order valence-corrected chi connectivity index (χ2v) is 7.18. The lowest BCUT2D eigenvalue weighted by Crippen LogP contribution is -2.52. The first kappa shape index (κ1) is 20.3. The molecular formula is C21H29N3O4. The fraction of sp³-hybridized carbons (Fsp3) is 0.571. The van der Waals surface area contributed by atoms with Gasteiger partial charge in [0.05, 0.1) is 0 Å². The number of carbonyl (C=O) groups excluding carboxylic acids is 3. The van der Waals surface area contributed by atoms with Crippen molar-refractivity contribution < 1.29 is 19.1 Å². The number of nitrogens with one attached hydrogen (secondary N) is 2. The second-order valence-electron chi connectivity index (χ2n) is 7.18. The number of nitrogens with zero attached hydrogens (tertiary/aromatic N) is 1. The fourth-order valence-electron chi connectivity index (χ4n) is 3.90. The molecule has 2 unspecified atom stereocenters. The van der Waals surface area contributed by atoms with Gasteiger partial charge in [0.15, 0.2) is 0 Å². The van der Waals surface area contributed by atoms with Crippen molar-refractivity contribution in [1.82, 2.24) is 15.5 Å². The van der Waals surface area contributed by atoms with Crippen molar-refractivity contribution in [3.8, 4) is 5.75 Å². The molecule has 7 heteroatoms. The van der Waals surface area contributed by atoms with Crippen molar-refractivity contribution in [3.63, 3.8) is 0 Å². The molecule has 28 heavy (non-hydrogen) atoms. The molecule has 3 aliphatic heterocycles. The van der Waals surface area contributed by atoms with E-state index >= 15 is 0 Å². The number of hydrogen-bond donors (Lipinski definition) is 2. The van der Waals surface area contributed by atoms with Crippen LogP contribution in [0.25, 0.3) is 0 Å². The smallest absolute Gasteiger partial charge is 0.255 e. The minimum Gasteiger partial charge on any atom is -0.492 e. The minimum atomic E-state index is -0.580. The van der Waals surface area contributed by atoms with Crippen LogP contribution < -0.4 is 15.4 Å². The van der Waals surface area contributed by atoms with Gasteiger partial charge in [-0.3, -0.25) is 19.7 Å². The Bertz CT molecular complexity index is 743. The highest BCUT2D eigenvalue weighted by Gasteiger charge is 2.39. The molecule has 0 saturated carbocycles. The van der Waals surface area contributed by atoms with Crippen molar-refractivity contribution in [1.29, 1.82) is 0 Å². The predicted octanol–water partition coefficient (Wildman–Crippen LogP) is 1.99. The lowest BCUT2D eigenvalue weighted by atomic mass is 10.0. The van der Waals surface area contributed by atoms with Crippen LogP contribution in [0.15, 0.2) is 18.2 Å². The van der Waals surface area contributed by atoms with Crippen LogP contribution in [0.1, 0.15) is 61.9 Å². The number of piperidine rings is 2. The van der Waals surface area contributed by atoms with Crippen molar-refractivity contribution in [2.24, 2.45) is 0 Å². The van der Waals surface area contributed by atoms with Gasteiger partial charge < -0.3 is 15.0 Å². The second kappa shape index (κ2) is 9.19. The summed E-state index contributed by atoms with van der Waals surface area (Å²) < 4.78 is 5.91. The van der Waals surface area contributed by atoms with Crippen molar-refractivity contribution >= 4 is 17.7 Å². The Kier molecular flexibility index (Phi) is 6.67. The van der Waals surface area contributed by atoms with Crippen LogP contribution in [0.4, 0.5) is 0 Å². The molecule has 2 saturated heterocycles. The van der Waals surface area contributed by atoms with Crippen LogP contribution in [-0.2, 0) is 16.1 Å². The van der Waals surface area contributed by atoms with Gasteiger partial charge >= 0.3 is 0 Å². The Morgan fingerprint density at radius 3 is 2.68 bits per heavy atom. The standard InChI is InChI=1S/C19H23N3O4.C2H6/c23-17-7-6-16(18(24)21-17)22-10-12-9-14(4-5-15(12)19(22)25)26-11-13-3-1-2-8-20-13;1-2/h4-5,9,13,16,20H,1-3,6-8,10-11H2,(H,21,23,24);1-2H3. The summed E-state index contributed by atoms with van der Waals surface area (Å²) >= 11 is 0. The van der Waals surface area contributed by atoms with E-state index in [-0.39, 0.29) is 24.1 Å². The zero-order valence-corrected chi connectivity index (χ0v) is 16.6. The number of fused-ring (bicyclic) bond motifs is 1. The summed E-state index contributed by atoms with van der Waals surface area (Å²) in [6.07, 6.45) is 4.20. The van der Waals surface area contributed by atoms with Crippen LogP contribution in [0.2, 0.25) is 0 Å². The largest absolute Gasteiger partial charge is 0.492 e. The van der Waals surface area contributed by atoms with Gasteiger partial charge in [0.25, 0.3) is 5.91 Å². The first-order valence-corrected chi connectivity index (χ1v) is 10.3. The van der Waals surface area contributed by atoms with Crippen LogP contribution in [0.5, 0.6) is 5.75 Å². The van der Waals surface area contributed by atoms with Crippen molar-refractivity contribution in [2.45, 2.75) is 64.6 Å². The molecule has 2 fully saturated rings. The number of rotatable bonds is 4. The molecule has 0 spiro atoms. The molecule has 0 aromatic heterocycles. The average Bonchev–Trinajstić information content (AvgIpc) is 3.04. The summed E-state index contributed by atoms with van der Waals surface area (Å²) in [4.78, 5) is 37.6. The van der Waals surface area contributed by atoms with Crippen LogP contribution in [0, 0.1) is 0 Å². The van der Waals surface area contributed by atoms with E-state index in [4.69, 9.17) is 4.74 Å². The fourth-order valence-corrected chi connectivity index (χ4v) is 3.90. The van der Waals surface area contributed by atoms with E-state index in [1.165, 1.54) is 12.8 Å². The molecule has 0 bridgehead atoms. The number of imide groups is 1. The minimum absolute atomic E-state index is 0.157. The third kappa shape index (κ3) is 4.35.